The van der Waals surface area contributed by atoms with E-state index in [0.717, 1.165) is 0 Å². The van der Waals surface area contributed by atoms with Crippen molar-refractivity contribution in [1.29, 1.82) is 0 Å². The zero-order chi connectivity index (χ0) is 16.9. The van der Waals surface area contributed by atoms with E-state index >= 15 is 0 Å². The summed E-state index contributed by atoms with van der Waals surface area (Å²) in [6.45, 7) is -0.882. The van der Waals surface area contributed by atoms with Crippen LogP contribution in [-0.2, 0) is 14.9 Å². The maximum atomic E-state index is 12.1. The van der Waals surface area contributed by atoms with Crippen LogP contribution in [0.3, 0.4) is 0 Å². The van der Waals surface area contributed by atoms with Crippen LogP contribution in [0.15, 0.2) is 59.5 Å². The third kappa shape index (κ3) is 4.78. The smallest absolute Gasteiger partial charge is 0.339 e. The van der Waals surface area contributed by atoms with Crippen LogP contribution < -0.4 is 9.50 Å². The minimum absolute atomic E-state index is 0.0113. The molecule has 0 aromatic heterocycles. The van der Waals surface area contributed by atoms with Crippen LogP contribution in [0, 0.1) is 10.1 Å². The summed E-state index contributed by atoms with van der Waals surface area (Å²) < 4.78 is 29.1. The van der Waals surface area contributed by atoms with Crippen molar-refractivity contribution in [2.75, 3.05) is 11.9 Å². The number of rotatable bonds is 6. The summed E-state index contributed by atoms with van der Waals surface area (Å²) in [4.78, 5) is 20.8. The molecule has 0 heterocycles. The molecule has 0 saturated heterocycles. The van der Waals surface area contributed by atoms with Crippen LogP contribution in [0.4, 0.5) is 5.69 Å². The van der Waals surface area contributed by atoms with E-state index in [0.29, 0.717) is 0 Å². The summed E-state index contributed by atoms with van der Waals surface area (Å²) in [7, 11) is -4.00. The van der Waals surface area contributed by atoms with Gasteiger partial charge in [0.05, 0.1) is 0 Å². The van der Waals surface area contributed by atoms with Crippen molar-refractivity contribution in [3.8, 4) is 5.75 Å². The molecule has 0 radical (unpaired) electrons. The molecule has 0 fully saturated rings. The Hall–Kier alpha value is -2.94. The number of nitro groups is 1. The zero-order valence-corrected chi connectivity index (χ0v) is 12.5. The monoisotopic (exact) mass is 336 g/mol. The van der Waals surface area contributed by atoms with Crippen molar-refractivity contribution >= 4 is 21.7 Å². The Labute approximate surface area is 132 Å². The van der Waals surface area contributed by atoms with Crippen molar-refractivity contribution < 1.29 is 22.3 Å². The van der Waals surface area contributed by atoms with E-state index in [-0.39, 0.29) is 16.3 Å². The summed E-state index contributed by atoms with van der Waals surface area (Å²) in [6.07, 6.45) is 0. The van der Waals surface area contributed by atoms with Gasteiger partial charge in [-0.15, -0.1) is 0 Å². The lowest BCUT2D eigenvalue weighted by Gasteiger charge is -2.08. The second-order valence-electron chi connectivity index (χ2n) is 4.42. The number of hydrogen-bond acceptors (Lipinski definition) is 6. The highest BCUT2D eigenvalue weighted by molar-refractivity contribution is 7.87. The fraction of sp³-hybridized carbons (Fsp3) is 0.0714. The van der Waals surface area contributed by atoms with Crippen LogP contribution in [-0.4, -0.2) is 25.8 Å². The lowest BCUT2D eigenvalue weighted by atomic mass is 10.3. The molecule has 2 rings (SSSR count). The average molecular weight is 336 g/mol. The van der Waals surface area contributed by atoms with Crippen molar-refractivity contribution in [3.05, 3.63) is 64.7 Å². The van der Waals surface area contributed by atoms with Gasteiger partial charge in [-0.25, -0.2) is 0 Å². The maximum Gasteiger partial charge on any atom is 0.339 e. The second kappa shape index (κ2) is 6.88. The van der Waals surface area contributed by atoms with Crippen molar-refractivity contribution in [1.82, 2.24) is 0 Å². The molecule has 0 saturated carbocycles. The highest BCUT2D eigenvalue weighted by Crippen LogP contribution is 2.21. The molecule has 8 nitrogen and oxygen atoms in total. The van der Waals surface area contributed by atoms with Gasteiger partial charge in [0.15, 0.2) is 0 Å². The van der Waals surface area contributed by atoms with Gasteiger partial charge in [-0.3, -0.25) is 14.9 Å². The highest BCUT2D eigenvalue weighted by Gasteiger charge is 2.16. The van der Waals surface area contributed by atoms with Gasteiger partial charge in [-0.05, 0) is 24.3 Å². The molecule has 2 aromatic rings. The molecule has 0 atom stereocenters. The first kappa shape index (κ1) is 16.4. The standard InChI is InChI=1S/C14H12N2O6S/c17-14(10-16(18)19)15-11-5-4-6-12(9-11)22-23(20,21)13-7-2-1-3-8-13/h1-9H,10H2,(H,15,17). The topological polar surface area (TPSA) is 116 Å². The molecule has 0 spiro atoms. The minimum Gasteiger partial charge on any atom is -0.379 e. The summed E-state index contributed by atoms with van der Waals surface area (Å²) in [5.41, 5.74) is 0.192. The summed E-state index contributed by atoms with van der Waals surface area (Å²) in [5.74, 6) is -0.842. The molecule has 120 valence electrons. The third-order valence-corrected chi connectivity index (χ3v) is 3.89. The van der Waals surface area contributed by atoms with E-state index in [4.69, 9.17) is 4.18 Å². The predicted molar refractivity (Wildman–Crippen MR) is 81.2 cm³/mol. The van der Waals surface area contributed by atoms with E-state index in [1.807, 2.05) is 0 Å². The van der Waals surface area contributed by atoms with Gasteiger partial charge in [0.25, 0.3) is 12.5 Å². The zero-order valence-electron chi connectivity index (χ0n) is 11.7. The molecule has 9 heteroatoms. The fourth-order valence-corrected chi connectivity index (χ4v) is 2.65. The van der Waals surface area contributed by atoms with E-state index in [1.54, 1.807) is 18.2 Å². The minimum atomic E-state index is -4.00. The molecular formula is C14H12N2O6S. The molecule has 0 aliphatic rings. The molecule has 1 N–H and O–H groups in total. The molecular weight excluding hydrogens is 324 g/mol. The van der Waals surface area contributed by atoms with Crippen molar-refractivity contribution in [2.24, 2.45) is 0 Å². The third-order valence-electron chi connectivity index (χ3n) is 2.63. The lowest BCUT2D eigenvalue weighted by molar-refractivity contribution is -0.467. The van der Waals surface area contributed by atoms with E-state index < -0.39 is 27.5 Å². The first-order valence-corrected chi connectivity index (χ1v) is 7.79. The van der Waals surface area contributed by atoms with Gasteiger partial charge >= 0.3 is 10.1 Å². The van der Waals surface area contributed by atoms with Gasteiger partial charge in [0.1, 0.15) is 10.6 Å². The largest absolute Gasteiger partial charge is 0.379 e. The molecule has 0 bridgehead atoms. The SMILES string of the molecule is O=C(C[N+](=O)[O-])Nc1cccc(OS(=O)(=O)c2ccccc2)c1. The number of benzene rings is 2. The predicted octanol–water partition coefficient (Wildman–Crippen LogP) is 1.67. The van der Waals surface area contributed by atoms with Gasteiger partial charge in [0.2, 0.25) is 0 Å². The molecule has 0 aliphatic heterocycles. The number of carbonyl (C=O) groups is 1. The Morgan fingerprint density at radius 2 is 1.83 bits per heavy atom. The number of amides is 1. The summed E-state index contributed by atoms with van der Waals surface area (Å²) >= 11 is 0. The normalized spacial score (nSPS) is 10.8. The summed E-state index contributed by atoms with van der Waals surface area (Å²) in [5, 5.41) is 12.5. The highest BCUT2D eigenvalue weighted by atomic mass is 32.2. The van der Waals surface area contributed by atoms with E-state index in [1.165, 1.54) is 36.4 Å². The van der Waals surface area contributed by atoms with Crippen LogP contribution >= 0.6 is 0 Å². The van der Waals surface area contributed by atoms with E-state index in [2.05, 4.69) is 5.32 Å². The van der Waals surface area contributed by atoms with Gasteiger partial charge in [-0.2, -0.15) is 8.42 Å². The quantitative estimate of drug-likeness (QED) is 0.487. The molecule has 0 aliphatic carbocycles. The Morgan fingerprint density at radius 1 is 1.13 bits per heavy atom. The van der Waals surface area contributed by atoms with Crippen LogP contribution in [0.1, 0.15) is 0 Å². The van der Waals surface area contributed by atoms with Crippen LogP contribution in [0.2, 0.25) is 0 Å². The van der Waals surface area contributed by atoms with Crippen molar-refractivity contribution in [3.63, 3.8) is 0 Å². The Kier molecular flexibility index (Phi) is 4.91. The second-order valence-corrected chi connectivity index (χ2v) is 5.96. The lowest BCUT2D eigenvalue weighted by Crippen LogP contribution is -2.21. The Bertz CT molecular complexity index is 820. The van der Waals surface area contributed by atoms with E-state index in [9.17, 15) is 23.3 Å². The van der Waals surface area contributed by atoms with Crippen LogP contribution in [0.5, 0.6) is 5.75 Å². The van der Waals surface area contributed by atoms with Gasteiger partial charge in [0, 0.05) is 16.7 Å². The Balaban J connectivity index is 2.14. The Morgan fingerprint density at radius 3 is 2.48 bits per heavy atom. The number of carbonyl (C=O) groups excluding carboxylic acids is 1. The first-order chi connectivity index (χ1) is 10.9. The van der Waals surface area contributed by atoms with Crippen LogP contribution in [0.25, 0.3) is 0 Å². The number of nitrogens with one attached hydrogen (secondary N) is 1. The number of anilines is 1. The molecule has 1 amide bonds. The molecule has 2 aromatic carbocycles. The summed E-state index contributed by atoms with van der Waals surface area (Å²) in [6, 6.07) is 13.1. The molecule has 0 unspecified atom stereocenters. The van der Waals surface area contributed by atoms with Crippen molar-refractivity contribution in [2.45, 2.75) is 4.90 Å². The average Bonchev–Trinajstić information content (AvgIpc) is 2.47. The number of nitrogens with zero attached hydrogens (tertiary/aromatic N) is 1. The van der Waals surface area contributed by atoms with Gasteiger partial charge < -0.3 is 9.50 Å². The van der Waals surface area contributed by atoms with Gasteiger partial charge in [-0.1, -0.05) is 24.3 Å². The fourth-order valence-electron chi connectivity index (χ4n) is 1.71. The maximum absolute atomic E-state index is 12.1. The molecule has 23 heavy (non-hydrogen) atoms. The number of hydrogen-bond donors (Lipinski definition) is 1. The first-order valence-electron chi connectivity index (χ1n) is 6.38.